The van der Waals surface area contributed by atoms with Crippen LogP contribution in [0.4, 0.5) is 0 Å². The lowest BCUT2D eigenvalue weighted by atomic mass is 10.1. The lowest BCUT2D eigenvalue weighted by molar-refractivity contribution is 0.103. The molecule has 5 heteroatoms. The largest absolute Gasteiger partial charge is 0.497 e. The van der Waals surface area contributed by atoms with Crippen LogP contribution in [0.1, 0.15) is 21.9 Å². The number of carbonyl (C=O) groups excluding carboxylic acids is 1. The van der Waals surface area contributed by atoms with Gasteiger partial charge in [0.15, 0.2) is 0 Å². The van der Waals surface area contributed by atoms with Crippen LogP contribution in [0.3, 0.4) is 0 Å². The minimum Gasteiger partial charge on any atom is -0.497 e. The second-order valence-corrected chi connectivity index (χ2v) is 3.88. The summed E-state index contributed by atoms with van der Waals surface area (Å²) >= 11 is 0. The van der Waals surface area contributed by atoms with E-state index in [9.17, 15) is 4.79 Å². The number of hydrogen-bond acceptors (Lipinski definition) is 5. The fraction of sp³-hybridized carbons (Fsp3) is 0.214. The summed E-state index contributed by atoms with van der Waals surface area (Å²) in [6.07, 6.45) is 1.56. The maximum atomic E-state index is 12.4. The van der Waals surface area contributed by atoms with E-state index in [2.05, 4.69) is 9.97 Å². The van der Waals surface area contributed by atoms with Crippen molar-refractivity contribution in [1.82, 2.24) is 9.97 Å². The summed E-state index contributed by atoms with van der Waals surface area (Å²) in [6, 6.07) is 6.63. The molecular weight excluding hydrogens is 244 g/mol. The molecule has 19 heavy (non-hydrogen) atoms. The van der Waals surface area contributed by atoms with E-state index in [1.807, 2.05) is 0 Å². The average molecular weight is 258 g/mol. The van der Waals surface area contributed by atoms with E-state index in [4.69, 9.17) is 9.47 Å². The fourth-order valence-electron chi connectivity index (χ4n) is 1.71. The standard InChI is InChI=1S/C14H14N2O3/c1-9-15-7-6-12(16-9)14(17)11-5-4-10(18-2)8-13(11)19-3/h4-8H,1-3H3. The first kappa shape index (κ1) is 13.0. The predicted octanol–water partition coefficient (Wildman–Crippen LogP) is 2.03. The van der Waals surface area contributed by atoms with Crippen LogP contribution in [0.2, 0.25) is 0 Å². The molecule has 0 bridgehead atoms. The van der Waals surface area contributed by atoms with Gasteiger partial charge in [-0.25, -0.2) is 9.97 Å². The SMILES string of the molecule is COc1ccc(C(=O)c2ccnc(C)n2)c(OC)c1. The number of ether oxygens (including phenoxy) is 2. The topological polar surface area (TPSA) is 61.3 Å². The molecule has 0 aliphatic rings. The predicted molar refractivity (Wildman–Crippen MR) is 69.7 cm³/mol. The highest BCUT2D eigenvalue weighted by Crippen LogP contribution is 2.26. The molecule has 1 heterocycles. The first-order valence-electron chi connectivity index (χ1n) is 5.72. The van der Waals surface area contributed by atoms with Gasteiger partial charge in [-0.15, -0.1) is 0 Å². The van der Waals surface area contributed by atoms with Crippen molar-refractivity contribution in [3.8, 4) is 11.5 Å². The van der Waals surface area contributed by atoms with Gasteiger partial charge in [0.2, 0.25) is 5.78 Å². The van der Waals surface area contributed by atoms with Crippen LogP contribution in [0.25, 0.3) is 0 Å². The van der Waals surface area contributed by atoms with Crippen molar-refractivity contribution in [2.24, 2.45) is 0 Å². The lowest BCUT2D eigenvalue weighted by Gasteiger charge is -2.09. The molecule has 0 aliphatic heterocycles. The van der Waals surface area contributed by atoms with Crippen LogP contribution < -0.4 is 9.47 Å². The number of aryl methyl sites for hydroxylation is 1. The number of carbonyl (C=O) groups is 1. The summed E-state index contributed by atoms with van der Waals surface area (Å²) in [4.78, 5) is 20.5. The van der Waals surface area contributed by atoms with E-state index in [0.29, 0.717) is 28.6 Å². The molecule has 0 aliphatic carbocycles. The second kappa shape index (κ2) is 5.48. The highest BCUT2D eigenvalue weighted by atomic mass is 16.5. The molecular formula is C14H14N2O3. The normalized spacial score (nSPS) is 10.1. The lowest BCUT2D eigenvalue weighted by Crippen LogP contribution is -2.07. The number of rotatable bonds is 4. The number of methoxy groups -OCH3 is 2. The van der Waals surface area contributed by atoms with Gasteiger partial charge >= 0.3 is 0 Å². The van der Waals surface area contributed by atoms with E-state index in [1.165, 1.54) is 7.11 Å². The number of hydrogen-bond donors (Lipinski definition) is 0. The van der Waals surface area contributed by atoms with Gasteiger partial charge in [0.1, 0.15) is 23.0 Å². The van der Waals surface area contributed by atoms with Gasteiger partial charge in [0.05, 0.1) is 19.8 Å². The van der Waals surface area contributed by atoms with Crippen LogP contribution in [0.15, 0.2) is 30.5 Å². The van der Waals surface area contributed by atoms with E-state index < -0.39 is 0 Å². The van der Waals surface area contributed by atoms with Gasteiger partial charge in [-0.3, -0.25) is 4.79 Å². The van der Waals surface area contributed by atoms with Gasteiger partial charge in [-0.2, -0.15) is 0 Å². The van der Waals surface area contributed by atoms with Gasteiger partial charge < -0.3 is 9.47 Å². The number of aromatic nitrogens is 2. The molecule has 98 valence electrons. The summed E-state index contributed by atoms with van der Waals surface area (Å²) in [5.74, 6) is 1.44. The molecule has 1 aromatic heterocycles. The molecule has 0 saturated heterocycles. The smallest absolute Gasteiger partial charge is 0.215 e. The molecule has 0 unspecified atom stereocenters. The maximum absolute atomic E-state index is 12.4. The third-order valence-corrected chi connectivity index (χ3v) is 2.66. The van der Waals surface area contributed by atoms with Crippen LogP contribution >= 0.6 is 0 Å². The zero-order valence-electron chi connectivity index (χ0n) is 11.0. The van der Waals surface area contributed by atoms with Crippen molar-refractivity contribution < 1.29 is 14.3 Å². The Morgan fingerprint density at radius 1 is 1.16 bits per heavy atom. The maximum Gasteiger partial charge on any atom is 0.215 e. The van der Waals surface area contributed by atoms with Crippen LogP contribution in [0, 0.1) is 6.92 Å². The molecule has 0 amide bonds. The summed E-state index contributed by atoms with van der Waals surface area (Å²) < 4.78 is 10.3. The van der Waals surface area contributed by atoms with E-state index in [1.54, 1.807) is 44.5 Å². The van der Waals surface area contributed by atoms with E-state index in [-0.39, 0.29) is 5.78 Å². The Hall–Kier alpha value is -2.43. The molecule has 1 aromatic carbocycles. The molecule has 0 fully saturated rings. The monoisotopic (exact) mass is 258 g/mol. The molecule has 2 rings (SSSR count). The summed E-state index contributed by atoms with van der Waals surface area (Å²) in [7, 11) is 3.07. The number of benzene rings is 1. The van der Waals surface area contributed by atoms with Gasteiger partial charge in [-0.1, -0.05) is 0 Å². The van der Waals surface area contributed by atoms with Gasteiger partial charge in [0, 0.05) is 12.3 Å². The summed E-state index contributed by atoms with van der Waals surface area (Å²) in [6.45, 7) is 1.74. The van der Waals surface area contributed by atoms with Crippen molar-refractivity contribution in [2.75, 3.05) is 14.2 Å². The summed E-state index contributed by atoms with van der Waals surface area (Å²) in [5.41, 5.74) is 0.789. The minimum absolute atomic E-state index is 0.204. The first-order valence-corrected chi connectivity index (χ1v) is 5.72. The van der Waals surface area contributed by atoms with Crippen molar-refractivity contribution in [3.63, 3.8) is 0 Å². The first-order chi connectivity index (χ1) is 9.15. The van der Waals surface area contributed by atoms with Crippen LogP contribution in [0.5, 0.6) is 11.5 Å². The van der Waals surface area contributed by atoms with Crippen molar-refractivity contribution in [2.45, 2.75) is 6.92 Å². The zero-order chi connectivity index (χ0) is 13.8. The molecule has 0 atom stereocenters. The van der Waals surface area contributed by atoms with E-state index in [0.717, 1.165) is 0 Å². The van der Waals surface area contributed by atoms with Gasteiger partial charge in [0.25, 0.3) is 0 Å². The number of nitrogens with zero attached hydrogens (tertiary/aromatic N) is 2. The average Bonchev–Trinajstić information content (AvgIpc) is 2.45. The Balaban J connectivity index is 2.44. The Morgan fingerprint density at radius 3 is 2.58 bits per heavy atom. The van der Waals surface area contributed by atoms with E-state index >= 15 is 0 Å². The van der Waals surface area contributed by atoms with Crippen molar-refractivity contribution in [1.29, 1.82) is 0 Å². The molecule has 5 nitrogen and oxygen atoms in total. The van der Waals surface area contributed by atoms with Gasteiger partial charge in [-0.05, 0) is 25.1 Å². The zero-order valence-corrected chi connectivity index (χ0v) is 11.0. The minimum atomic E-state index is -0.204. The van der Waals surface area contributed by atoms with Crippen molar-refractivity contribution >= 4 is 5.78 Å². The highest BCUT2D eigenvalue weighted by Gasteiger charge is 2.16. The third-order valence-electron chi connectivity index (χ3n) is 2.66. The highest BCUT2D eigenvalue weighted by molar-refractivity contribution is 6.09. The molecule has 2 aromatic rings. The number of ketones is 1. The quantitative estimate of drug-likeness (QED) is 0.785. The molecule has 0 radical (unpaired) electrons. The molecule has 0 N–H and O–H groups in total. The Labute approximate surface area is 111 Å². The Morgan fingerprint density at radius 2 is 1.95 bits per heavy atom. The van der Waals surface area contributed by atoms with Crippen LogP contribution in [-0.2, 0) is 0 Å². The third kappa shape index (κ3) is 2.70. The van der Waals surface area contributed by atoms with Crippen molar-refractivity contribution in [3.05, 3.63) is 47.5 Å². The fourth-order valence-corrected chi connectivity index (χ4v) is 1.71. The molecule has 0 saturated carbocycles. The Bertz CT molecular complexity index is 611. The molecule has 0 spiro atoms. The Kier molecular flexibility index (Phi) is 3.75. The van der Waals surface area contributed by atoms with Crippen LogP contribution in [-0.4, -0.2) is 30.0 Å². The second-order valence-electron chi connectivity index (χ2n) is 3.88. The summed E-state index contributed by atoms with van der Waals surface area (Å²) in [5, 5.41) is 0.